The molecule has 0 fully saturated rings. The first-order valence-electron chi connectivity index (χ1n) is 9.36. The van der Waals surface area contributed by atoms with Gasteiger partial charge in [-0.05, 0) is 12.1 Å². The molecule has 4 aromatic rings. The molecule has 0 amide bonds. The molecule has 162 valence electrons. The molecule has 0 bridgehead atoms. The lowest BCUT2D eigenvalue weighted by molar-refractivity contribution is 0.419. The molecule has 0 saturated carbocycles. The van der Waals surface area contributed by atoms with Crippen LogP contribution in [0.1, 0.15) is 0 Å². The number of hydrogen-bond acceptors (Lipinski definition) is 8. The Bertz CT molecular complexity index is 1160. The van der Waals surface area contributed by atoms with Crippen LogP contribution in [0.3, 0.4) is 0 Å². The zero-order valence-corrected chi connectivity index (χ0v) is 16.5. The molecule has 0 heterocycles. The predicted molar refractivity (Wildman–Crippen MR) is 114 cm³/mol. The van der Waals surface area contributed by atoms with Crippen LogP contribution in [0.2, 0.25) is 0 Å². The minimum absolute atomic E-state index is 0.0249. The standard InChI is InChI=1S/C24H18O8/c25-14-2-1-3-19(6-14)30-22-11-23(31-20-7-15(26)4-16(27)8-20)13-24(12-22)32-21-9-17(28)5-18(29)10-21/h1-13,25-29H. The molecular formula is C24H18O8. The van der Waals surface area contributed by atoms with E-state index in [0.717, 1.165) is 12.1 Å². The topological polar surface area (TPSA) is 129 Å². The van der Waals surface area contributed by atoms with Crippen LogP contribution in [0.25, 0.3) is 0 Å². The highest BCUT2D eigenvalue weighted by Gasteiger charge is 2.10. The molecule has 0 spiro atoms. The summed E-state index contributed by atoms with van der Waals surface area (Å²) in [5, 5.41) is 48.4. The predicted octanol–water partition coefficient (Wildman–Crippen LogP) is 5.59. The second-order valence-electron chi connectivity index (χ2n) is 6.81. The summed E-state index contributed by atoms with van der Waals surface area (Å²) in [4.78, 5) is 0. The lowest BCUT2D eigenvalue weighted by Gasteiger charge is -2.13. The second-order valence-corrected chi connectivity index (χ2v) is 6.81. The lowest BCUT2D eigenvalue weighted by atomic mass is 10.2. The summed E-state index contributed by atoms with van der Waals surface area (Å²) in [5.74, 6) is 0.761. The first-order valence-corrected chi connectivity index (χ1v) is 9.36. The Morgan fingerprint density at radius 3 is 1.09 bits per heavy atom. The van der Waals surface area contributed by atoms with E-state index in [-0.39, 0.29) is 57.5 Å². The molecule has 0 radical (unpaired) electrons. The number of benzene rings is 4. The Balaban J connectivity index is 1.69. The summed E-state index contributed by atoms with van der Waals surface area (Å²) < 4.78 is 17.3. The van der Waals surface area contributed by atoms with E-state index in [0.29, 0.717) is 5.75 Å². The summed E-state index contributed by atoms with van der Waals surface area (Å²) >= 11 is 0. The Labute approximate surface area is 182 Å². The maximum absolute atomic E-state index is 9.69. The van der Waals surface area contributed by atoms with E-state index in [9.17, 15) is 25.5 Å². The van der Waals surface area contributed by atoms with Crippen LogP contribution < -0.4 is 14.2 Å². The van der Waals surface area contributed by atoms with E-state index in [1.807, 2.05) is 0 Å². The van der Waals surface area contributed by atoms with Crippen molar-refractivity contribution in [2.24, 2.45) is 0 Å². The van der Waals surface area contributed by atoms with E-state index >= 15 is 0 Å². The van der Waals surface area contributed by atoms with E-state index in [4.69, 9.17) is 14.2 Å². The monoisotopic (exact) mass is 434 g/mol. The van der Waals surface area contributed by atoms with Crippen molar-refractivity contribution in [1.82, 2.24) is 0 Å². The maximum Gasteiger partial charge on any atom is 0.134 e. The van der Waals surface area contributed by atoms with Gasteiger partial charge in [-0.25, -0.2) is 0 Å². The molecule has 0 unspecified atom stereocenters. The number of rotatable bonds is 6. The van der Waals surface area contributed by atoms with Crippen LogP contribution in [0.5, 0.6) is 63.2 Å². The zero-order valence-electron chi connectivity index (χ0n) is 16.5. The highest BCUT2D eigenvalue weighted by Crippen LogP contribution is 2.38. The molecule has 0 aromatic heterocycles. The van der Waals surface area contributed by atoms with Gasteiger partial charge in [0.1, 0.15) is 63.2 Å². The Morgan fingerprint density at radius 1 is 0.344 bits per heavy atom. The fourth-order valence-electron chi connectivity index (χ4n) is 2.93. The van der Waals surface area contributed by atoms with Gasteiger partial charge in [-0.1, -0.05) is 6.07 Å². The van der Waals surface area contributed by atoms with Gasteiger partial charge < -0.3 is 39.7 Å². The first kappa shape index (κ1) is 20.5. The van der Waals surface area contributed by atoms with Gasteiger partial charge >= 0.3 is 0 Å². The molecule has 0 atom stereocenters. The van der Waals surface area contributed by atoms with Crippen molar-refractivity contribution < 1.29 is 39.7 Å². The fraction of sp³-hybridized carbons (Fsp3) is 0. The van der Waals surface area contributed by atoms with Gasteiger partial charge in [-0.15, -0.1) is 0 Å². The molecule has 4 rings (SSSR count). The number of phenolic OH excluding ortho intramolecular Hbond substituents is 5. The van der Waals surface area contributed by atoms with Crippen molar-refractivity contribution in [3.63, 3.8) is 0 Å². The molecular weight excluding hydrogens is 416 g/mol. The van der Waals surface area contributed by atoms with Gasteiger partial charge in [0, 0.05) is 60.7 Å². The summed E-state index contributed by atoms with van der Waals surface area (Å²) in [5.41, 5.74) is 0. The van der Waals surface area contributed by atoms with E-state index in [1.165, 1.54) is 54.6 Å². The first-order chi connectivity index (χ1) is 15.3. The van der Waals surface area contributed by atoms with Crippen molar-refractivity contribution in [2.45, 2.75) is 0 Å². The highest BCUT2D eigenvalue weighted by atomic mass is 16.5. The van der Waals surface area contributed by atoms with Gasteiger partial charge in [0.25, 0.3) is 0 Å². The number of phenols is 5. The van der Waals surface area contributed by atoms with Crippen LogP contribution in [-0.2, 0) is 0 Å². The molecule has 5 N–H and O–H groups in total. The Kier molecular flexibility index (Phi) is 5.50. The van der Waals surface area contributed by atoms with Crippen molar-refractivity contribution in [2.75, 3.05) is 0 Å². The summed E-state index contributed by atoms with van der Waals surface area (Å²) in [6.45, 7) is 0. The Morgan fingerprint density at radius 2 is 0.688 bits per heavy atom. The number of hydrogen-bond donors (Lipinski definition) is 5. The van der Waals surface area contributed by atoms with Crippen LogP contribution in [0.15, 0.2) is 78.9 Å². The minimum Gasteiger partial charge on any atom is -0.508 e. The van der Waals surface area contributed by atoms with Crippen LogP contribution in [0.4, 0.5) is 0 Å². The van der Waals surface area contributed by atoms with E-state index in [1.54, 1.807) is 12.1 Å². The fourth-order valence-corrected chi connectivity index (χ4v) is 2.93. The van der Waals surface area contributed by atoms with Crippen molar-refractivity contribution in [3.8, 4) is 63.2 Å². The number of ether oxygens (including phenoxy) is 3. The largest absolute Gasteiger partial charge is 0.508 e. The van der Waals surface area contributed by atoms with Gasteiger partial charge in [0.2, 0.25) is 0 Å². The summed E-state index contributed by atoms with van der Waals surface area (Å²) in [6.07, 6.45) is 0. The molecule has 4 aromatic carbocycles. The van der Waals surface area contributed by atoms with Crippen LogP contribution in [0, 0.1) is 0 Å². The van der Waals surface area contributed by atoms with Crippen LogP contribution in [-0.4, -0.2) is 25.5 Å². The summed E-state index contributed by atoms with van der Waals surface area (Å²) in [7, 11) is 0. The van der Waals surface area contributed by atoms with Gasteiger partial charge in [-0.3, -0.25) is 0 Å². The molecule has 0 aliphatic heterocycles. The van der Waals surface area contributed by atoms with Gasteiger partial charge in [-0.2, -0.15) is 0 Å². The smallest absolute Gasteiger partial charge is 0.134 e. The lowest BCUT2D eigenvalue weighted by Crippen LogP contribution is -1.91. The molecule has 0 saturated heterocycles. The molecule has 8 nitrogen and oxygen atoms in total. The Hall–Kier alpha value is -4.72. The molecule has 0 aliphatic carbocycles. The minimum atomic E-state index is -0.182. The third-order valence-corrected chi connectivity index (χ3v) is 4.13. The number of aromatic hydroxyl groups is 5. The SMILES string of the molecule is Oc1cccc(Oc2cc(Oc3cc(O)cc(O)c3)cc(Oc3cc(O)cc(O)c3)c2)c1. The maximum atomic E-state index is 9.69. The second kappa shape index (κ2) is 8.57. The molecule has 32 heavy (non-hydrogen) atoms. The van der Waals surface area contributed by atoms with E-state index in [2.05, 4.69) is 0 Å². The average Bonchev–Trinajstić information content (AvgIpc) is 2.66. The normalized spacial score (nSPS) is 10.5. The molecule has 0 aliphatic rings. The third kappa shape index (κ3) is 5.25. The van der Waals surface area contributed by atoms with Crippen molar-refractivity contribution >= 4 is 0 Å². The average molecular weight is 434 g/mol. The van der Waals surface area contributed by atoms with E-state index < -0.39 is 0 Å². The summed E-state index contributed by atoms with van der Waals surface area (Å²) in [6, 6.07) is 18.4. The quantitative estimate of drug-likeness (QED) is 0.266. The van der Waals surface area contributed by atoms with Gasteiger partial charge in [0.15, 0.2) is 0 Å². The third-order valence-electron chi connectivity index (χ3n) is 4.13. The zero-order chi connectivity index (χ0) is 22.7. The van der Waals surface area contributed by atoms with Crippen molar-refractivity contribution in [3.05, 3.63) is 78.9 Å². The highest BCUT2D eigenvalue weighted by molar-refractivity contribution is 5.50. The van der Waals surface area contributed by atoms with Crippen LogP contribution >= 0.6 is 0 Å². The van der Waals surface area contributed by atoms with Gasteiger partial charge in [0.05, 0.1) is 0 Å². The van der Waals surface area contributed by atoms with Crippen molar-refractivity contribution in [1.29, 1.82) is 0 Å². The molecule has 8 heteroatoms.